The highest BCUT2D eigenvalue weighted by atomic mass is 19.1. The van der Waals surface area contributed by atoms with Gasteiger partial charge in [-0.15, -0.1) is 5.10 Å². The molecule has 21 heavy (non-hydrogen) atoms. The Balaban J connectivity index is 2.13. The van der Waals surface area contributed by atoms with E-state index in [1.807, 2.05) is 13.0 Å². The number of para-hydroxylation sites is 1. The highest BCUT2D eigenvalue weighted by Crippen LogP contribution is 2.21. The quantitative estimate of drug-likeness (QED) is 0.802. The zero-order valence-electron chi connectivity index (χ0n) is 11.3. The van der Waals surface area contributed by atoms with Crippen molar-refractivity contribution in [3.8, 4) is 5.82 Å². The van der Waals surface area contributed by atoms with Crippen molar-refractivity contribution in [2.75, 3.05) is 11.9 Å². The molecule has 0 unspecified atom stereocenters. The highest BCUT2D eigenvalue weighted by Gasteiger charge is 2.16. The van der Waals surface area contributed by atoms with Crippen molar-refractivity contribution < 1.29 is 8.78 Å². The van der Waals surface area contributed by atoms with Gasteiger partial charge in [0.15, 0.2) is 23.3 Å². The van der Waals surface area contributed by atoms with E-state index in [-0.39, 0.29) is 11.6 Å². The van der Waals surface area contributed by atoms with Crippen molar-refractivity contribution in [1.29, 1.82) is 0 Å². The molecule has 2 aromatic heterocycles. The van der Waals surface area contributed by atoms with Gasteiger partial charge >= 0.3 is 0 Å². The van der Waals surface area contributed by atoms with Gasteiger partial charge in [0.05, 0.1) is 5.52 Å². The molecule has 3 rings (SSSR count). The molecule has 1 N–H and O–H groups in total. The molecule has 0 saturated carbocycles. The summed E-state index contributed by atoms with van der Waals surface area (Å²) in [7, 11) is 0. The second-order valence-electron chi connectivity index (χ2n) is 4.54. The molecule has 0 aliphatic rings. The largest absolute Gasteiger partial charge is 0.368 e. The molecule has 0 amide bonds. The molecule has 0 fully saturated rings. The number of benzene rings is 1. The summed E-state index contributed by atoms with van der Waals surface area (Å²) in [5.74, 6) is -1.59. The topological polar surface area (TPSA) is 55.6 Å². The number of fused-ring (bicyclic) bond motifs is 1. The minimum atomic E-state index is -0.787. The van der Waals surface area contributed by atoms with Crippen LogP contribution in [0.5, 0.6) is 0 Å². The molecule has 0 aliphatic heterocycles. The number of halogens is 2. The van der Waals surface area contributed by atoms with Crippen molar-refractivity contribution in [2.45, 2.75) is 13.3 Å². The lowest BCUT2D eigenvalue weighted by Crippen LogP contribution is -2.10. The standard InChI is InChI=1S/C14H13F2N5/c1-2-7-17-13-9(15)8-10(16)14(18-13)21-12-6-4-3-5-11(12)19-20-21/h3-6,8H,2,7H2,1H3,(H,17,18). The van der Waals surface area contributed by atoms with Gasteiger partial charge < -0.3 is 5.32 Å². The third-order valence-electron chi connectivity index (χ3n) is 3.01. The van der Waals surface area contributed by atoms with Gasteiger partial charge in [0.25, 0.3) is 0 Å². The second-order valence-corrected chi connectivity index (χ2v) is 4.54. The Hall–Kier alpha value is -2.57. The minimum Gasteiger partial charge on any atom is -0.368 e. The zero-order chi connectivity index (χ0) is 14.8. The van der Waals surface area contributed by atoms with Crippen LogP contribution in [0.1, 0.15) is 13.3 Å². The first-order valence-electron chi connectivity index (χ1n) is 6.61. The molecule has 1 aromatic carbocycles. The molecule has 7 heteroatoms. The third-order valence-corrected chi connectivity index (χ3v) is 3.01. The van der Waals surface area contributed by atoms with Crippen LogP contribution < -0.4 is 5.32 Å². The van der Waals surface area contributed by atoms with Crippen LogP contribution in [-0.2, 0) is 0 Å². The summed E-state index contributed by atoms with van der Waals surface area (Å²) in [5, 5.41) is 10.7. The Bertz CT molecular complexity index is 784. The van der Waals surface area contributed by atoms with Crippen molar-refractivity contribution >= 4 is 16.9 Å². The van der Waals surface area contributed by atoms with Crippen molar-refractivity contribution in [3.05, 3.63) is 42.0 Å². The van der Waals surface area contributed by atoms with Crippen LogP contribution in [-0.4, -0.2) is 26.5 Å². The van der Waals surface area contributed by atoms with Crippen LogP contribution in [0, 0.1) is 11.6 Å². The van der Waals surface area contributed by atoms with Crippen LogP contribution in [0.3, 0.4) is 0 Å². The van der Waals surface area contributed by atoms with E-state index < -0.39 is 11.6 Å². The van der Waals surface area contributed by atoms with E-state index in [4.69, 9.17) is 0 Å². The zero-order valence-corrected chi connectivity index (χ0v) is 11.3. The molecule has 108 valence electrons. The summed E-state index contributed by atoms with van der Waals surface area (Å²) in [6.45, 7) is 2.49. The normalized spacial score (nSPS) is 11.0. The minimum absolute atomic E-state index is 0.00725. The third kappa shape index (κ3) is 2.42. The molecule has 2 heterocycles. The van der Waals surface area contributed by atoms with Gasteiger partial charge in [0, 0.05) is 12.6 Å². The summed E-state index contributed by atoms with van der Waals surface area (Å²) in [4.78, 5) is 4.00. The lowest BCUT2D eigenvalue weighted by molar-refractivity contribution is 0.562. The van der Waals surface area contributed by atoms with E-state index in [0.29, 0.717) is 17.6 Å². The molecule has 0 radical (unpaired) electrons. The number of anilines is 1. The van der Waals surface area contributed by atoms with E-state index in [2.05, 4.69) is 20.6 Å². The van der Waals surface area contributed by atoms with Crippen molar-refractivity contribution in [3.63, 3.8) is 0 Å². The fourth-order valence-electron chi connectivity index (χ4n) is 2.00. The highest BCUT2D eigenvalue weighted by molar-refractivity contribution is 5.75. The van der Waals surface area contributed by atoms with E-state index in [1.165, 1.54) is 4.68 Å². The Labute approximate surface area is 119 Å². The molecular weight excluding hydrogens is 276 g/mol. The lowest BCUT2D eigenvalue weighted by atomic mass is 10.3. The van der Waals surface area contributed by atoms with Crippen molar-refractivity contribution in [1.82, 2.24) is 20.0 Å². The number of hydrogen-bond acceptors (Lipinski definition) is 4. The van der Waals surface area contributed by atoms with Gasteiger partial charge in [-0.3, -0.25) is 0 Å². The number of pyridine rings is 1. The van der Waals surface area contributed by atoms with E-state index >= 15 is 0 Å². The van der Waals surface area contributed by atoms with Crippen LogP contribution in [0.4, 0.5) is 14.6 Å². The van der Waals surface area contributed by atoms with Gasteiger partial charge in [-0.05, 0) is 18.6 Å². The van der Waals surface area contributed by atoms with Gasteiger partial charge in [-0.2, -0.15) is 4.68 Å². The van der Waals surface area contributed by atoms with Crippen LogP contribution in [0.2, 0.25) is 0 Å². The molecule has 0 spiro atoms. The first-order chi connectivity index (χ1) is 10.2. The number of hydrogen-bond donors (Lipinski definition) is 1. The fraction of sp³-hybridized carbons (Fsp3) is 0.214. The number of rotatable bonds is 4. The van der Waals surface area contributed by atoms with Gasteiger partial charge in [0.2, 0.25) is 0 Å². The van der Waals surface area contributed by atoms with Gasteiger partial charge in [0.1, 0.15) is 5.52 Å². The first-order valence-corrected chi connectivity index (χ1v) is 6.61. The second kappa shape index (κ2) is 5.43. The van der Waals surface area contributed by atoms with Gasteiger partial charge in [-0.25, -0.2) is 13.8 Å². The molecule has 0 bridgehead atoms. The van der Waals surface area contributed by atoms with Crippen LogP contribution in [0.25, 0.3) is 16.9 Å². The monoisotopic (exact) mass is 289 g/mol. The average molecular weight is 289 g/mol. The summed E-state index contributed by atoms with van der Waals surface area (Å²) in [6.07, 6.45) is 0.806. The van der Waals surface area contributed by atoms with Crippen LogP contribution >= 0.6 is 0 Å². The predicted molar refractivity (Wildman–Crippen MR) is 75.4 cm³/mol. The summed E-state index contributed by atoms with van der Waals surface area (Å²) in [5.41, 5.74) is 1.23. The molecule has 0 saturated heterocycles. The first kappa shape index (κ1) is 13.4. The SMILES string of the molecule is CCCNc1nc(-n2nnc3ccccc32)c(F)cc1F. The number of nitrogens with one attached hydrogen (secondary N) is 1. The van der Waals surface area contributed by atoms with E-state index in [1.54, 1.807) is 18.2 Å². The summed E-state index contributed by atoms with van der Waals surface area (Å²) < 4.78 is 29.0. The Kier molecular flexibility index (Phi) is 3.47. The average Bonchev–Trinajstić information content (AvgIpc) is 2.90. The molecule has 5 nitrogen and oxygen atoms in total. The summed E-state index contributed by atoms with van der Waals surface area (Å²) in [6, 6.07) is 7.91. The maximum absolute atomic E-state index is 14.0. The maximum Gasteiger partial charge on any atom is 0.194 e. The maximum atomic E-state index is 14.0. The predicted octanol–water partition coefficient (Wildman–Crippen LogP) is 2.92. The Morgan fingerprint density at radius 3 is 2.81 bits per heavy atom. The van der Waals surface area contributed by atoms with Crippen LogP contribution in [0.15, 0.2) is 30.3 Å². The smallest absolute Gasteiger partial charge is 0.194 e. The van der Waals surface area contributed by atoms with E-state index in [9.17, 15) is 8.78 Å². The molecule has 0 atom stereocenters. The molecule has 0 aliphatic carbocycles. The Morgan fingerprint density at radius 2 is 2.00 bits per heavy atom. The number of aromatic nitrogens is 4. The lowest BCUT2D eigenvalue weighted by Gasteiger charge is -2.09. The van der Waals surface area contributed by atoms with Crippen molar-refractivity contribution in [2.24, 2.45) is 0 Å². The van der Waals surface area contributed by atoms with E-state index in [0.717, 1.165) is 12.5 Å². The van der Waals surface area contributed by atoms with Gasteiger partial charge in [-0.1, -0.05) is 24.3 Å². The Morgan fingerprint density at radius 1 is 1.19 bits per heavy atom. The molecule has 3 aromatic rings. The fourth-order valence-corrected chi connectivity index (χ4v) is 2.00. The molecular formula is C14H13F2N5. The number of nitrogens with zero attached hydrogens (tertiary/aromatic N) is 4. The summed E-state index contributed by atoms with van der Waals surface area (Å²) >= 11 is 0.